The molecule has 1 rings (SSSR count). The van der Waals surface area contributed by atoms with Gasteiger partial charge in [-0.2, -0.15) is 0 Å². The van der Waals surface area contributed by atoms with Gasteiger partial charge in [-0.15, -0.1) is 11.6 Å². The normalized spacial score (nSPS) is 11.4. The summed E-state index contributed by atoms with van der Waals surface area (Å²) in [6.07, 6.45) is 1.67. The van der Waals surface area contributed by atoms with Crippen molar-refractivity contribution in [3.8, 4) is 0 Å². The van der Waals surface area contributed by atoms with Crippen LogP contribution in [0.3, 0.4) is 0 Å². The fraction of sp³-hybridized carbons (Fsp3) is 0.533. The van der Waals surface area contributed by atoms with Crippen molar-refractivity contribution in [2.45, 2.75) is 46.1 Å². The van der Waals surface area contributed by atoms with E-state index in [1.807, 2.05) is 45.9 Å². The number of halogens is 1. The average Bonchev–Trinajstić information content (AvgIpc) is 2.36. The first-order chi connectivity index (χ1) is 8.48. The zero-order chi connectivity index (χ0) is 13.8. The number of aryl methyl sites for hydroxylation is 2. The minimum absolute atomic E-state index is 0.0307. The molecule has 3 heteroatoms. The zero-order valence-electron chi connectivity index (χ0n) is 11.6. The average molecular weight is 268 g/mol. The van der Waals surface area contributed by atoms with Crippen molar-refractivity contribution in [3.05, 3.63) is 34.9 Å². The van der Waals surface area contributed by atoms with Crippen molar-refractivity contribution in [1.82, 2.24) is 5.32 Å². The monoisotopic (exact) mass is 267 g/mol. The molecule has 1 aromatic rings. The molecule has 0 fully saturated rings. The summed E-state index contributed by atoms with van der Waals surface area (Å²) in [5.74, 6) is 0.410. The molecule has 0 bridgehead atoms. The number of rotatable bonds is 5. The van der Waals surface area contributed by atoms with Crippen molar-refractivity contribution < 1.29 is 4.79 Å². The molecule has 0 spiro atoms. The van der Waals surface area contributed by atoms with E-state index < -0.39 is 0 Å². The van der Waals surface area contributed by atoms with Crippen LogP contribution in [0.15, 0.2) is 18.2 Å². The third-order valence-corrected chi connectivity index (χ3v) is 4.13. The predicted molar refractivity (Wildman–Crippen MR) is 77.4 cm³/mol. The fourth-order valence-corrected chi connectivity index (χ4v) is 2.47. The third kappa shape index (κ3) is 3.26. The Labute approximate surface area is 115 Å². The highest BCUT2D eigenvalue weighted by atomic mass is 35.5. The van der Waals surface area contributed by atoms with Gasteiger partial charge in [0.25, 0.3) is 5.91 Å². The van der Waals surface area contributed by atoms with Gasteiger partial charge < -0.3 is 5.32 Å². The fourth-order valence-electron chi connectivity index (χ4n) is 2.03. The molecule has 1 amide bonds. The van der Waals surface area contributed by atoms with Crippen LogP contribution in [0.1, 0.15) is 48.2 Å². The Hall–Kier alpha value is -1.02. The molecule has 100 valence electrons. The Morgan fingerprint density at radius 2 is 1.89 bits per heavy atom. The molecule has 0 aliphatic heterocycles. The molecule has 2 nitrogen and oxygen atoms in total. The maximum Gasteiger partial charge on any atom is 0.252 e. The summed E-state index contributed by atoms with van der Waals surface area (Å²) in [7, 11) is 0. The topological polar surface area (TPSA) is 29.1 Å². The Bertz CT molecular complexity index is 416. The maximum atomic E-state index is 12.3. The number of alkyl halides is 1. The van der Waals surface area contributed by atoms with Crippen LogP contribution >= 0.6 is 11.6 Å². The van der Waals surface area contributed by atoms with Crippen molar-refractivity contribution in [2.75, 3.05) is 5.88 Å². The Kier molecular flexibility index (Phi) is 5.21. The van der Waals surface area contributed by atoms with E-state index >= 15 is 0 Å². The molecular weight excluding hydrogens is 246 g/mol. The van der Waals surface area contributed by atoms with Gasteiger partial charge in [0.15, 0.2) is 0 Å². The van der Waals surface area contributed by atoms with Gasteiger partial charge >= 0.3 is 0 Å². The van der Waals surface area contributed by atoms with E-state index in [1.54, 1.807) is 0 Å². The van der Waals surface area contributed by atoms with Gasteiger partial charge in [0.1, 0.15) is 0 Å². The van der Waals surface area contributed by atoms with Crippen LogP contribution in [0.4, 0.5) is 0 Å². The van der Waals surface area contributed by atoms with Gasteiger partial charge in [-0.05, 0) is 38.3 Å². The second-order valence-corrected chi connectivity index (χ2v) is 5.16. The summed E-state index contributed by atoms with van der Waals surface area (Å²) >= 11 is 6.01. The van der Waals surface area contributed by atoms with Crippen molar-refractivity contribution in [3.63, 3.8) is 0 Å². The third-order valence-electron chi connectivity index (χ3n) is 3.61. The minimum atomic E-state index is -0.296. The first kappa shape index (κ1) is 15.0. The van der Waals surface area contributed by atoms with Crippen LogP contribution in [0, 0.1) is 13.8 Å². The standard InChI is InChI=1S/C15H22ClNO/c1-5-15(6-2,10-16)17-14(18)13-8-7-11(3)9-12(13)4/h7-9H,5-6,10H2,1-4H3,(H,17,18). The van der Waals surface area contributed by atoms with Gasteiger partial charge in [-0.25, -0.2) is 0 Å². The largest absolute Gasteiger partial charge is 0.345 e. The second-order valence-electron chi connectivity index (χ2n) is 4.89. The molecule has 0 saturated carbocycles. The number of nitrogens with one attached hydrogen (secondary N) is 1. The summed E-state index contributed by atoms with van der Waals surface area (Å²) in [5.41, 5.74) is 2.61. The van der Waals surface area contributed by atoms with Crippen LogP contribution in [-0.4, -0.2) is 17.3 Å². The number of hydrogen-bond acceptors (Lipinski definition) is 1. The maximum absolute atomic E-state index is 12.3. The quantitative estimate of drug-likeness (QED) is 0.807. The summed E-state index contributed by atoms with van der Waals surface area (Å²) < 4.78 is 0. The molecule has 0 atom stereocenters. The van der Waals surface area contributed by atoms with E-state index in [1.165, 1.54) is 5.56 Å². The van der Waals surface area contributed by atoms with E-state index in [2.05, 4.69) is 5.32 Å². The lowest BCUT2D eigenvalue weighted by Crippen LogP contribution is -2.49. The van der Waals surface area contributed by atoms with Crippen molar-refractivity contribution in [2.24, 2.45) is 0 Å². The van der Waals surface area contributed by atoms with Gasteiger partial charge in [0.05, 0.1) is 5.54 Å². The number of amides is 1. The lowest BCUT2D eigenvalue weighted by atomic mass is 9.94. The summed E-state index contributed by atoms with van der Waals surface area (Å²) in [6.45, 7) is 8.08. The first-order valence-electron chi connectivity index (χ1n) is 6.43. The lowest BCUT2D eigenvalue weighted by Gasteiger charge is -2.31. The molecule has 1 aromatic carbocycles. The highest BCUT2D eigenvalue weighted by Gasteiger charge is 2.27. The van der Waals surface area contributed by atoms with Crippen LogP contribution in [0.2, 0.25) is 0 Å². The molecule has 0 aromatic heterocycles. The van der Waals surface area contributed by atoms with E-state index in [4.69, 9.17) is 11.6 Å². The Morgan fingerprint density at radius 1 is 1.28 bits per heavy atom. The second kappa shape index (κ2) is 6.24. The van der Waals surface area contributed by atoms with Crippen LogP contribution in [0.5, 0.6) is 0 Å². The number of carbonyl (C=O) groups is 1. The number of hydrogen-bond donors (Lipinski definition) is 1. The SMILES string of the molecule is CCC(CC)(CCl)NC(=O)c1ccc(C)cc1C. The van der Waals surface area contributed by atoms with Crippen molar-refractivity contribution in [1.29, 1.82) is 0 Å². The van der Waals surface area contributed by atoms with E-state index in [9.17, 15) is 4.79 Å². The van der Waals surface area contributed by atoms with Gasteiger partial charge in [-0.3, -0.25) is 4.79 Å². The van der Waals surface area contributed by atoms with E-state index in [-0.39, 0.29) is 11.4 Å². The first-order valence-corrected chi connectivity index (χ1v) is 6.97. The molecule has 0 radical (unpaired) electrons. The molecule has 0 aliphatic rings. The Morgan fingerprint density at radius 3 is 2.33 bits per heavy atom. The van der Waals surface area contributed by atoms with E-state index in [0.717, 1.165) is 24.0 Å². The molecule has 1 N–H and O–H groups in total. The number of benzene rings is 1. The summed E-state index contributed by atoms with van der Waals surface area (Å²) in [6, 6.07) is 5.86. The molecule has 0 saturated heterocycles. The van der Waals surface area contributed by atoms with Gasteiger partial charge in [0, 0.05) is 11.4 Å². The van der Waals surface area contributed by atoms with Crippen LogP contribution < -0.4 is 5.32 Å². The summed E-state index contributed by atoms with van der Waals surface area (Å²) in [5, 5.41) is 3.09. The Balaban J connectivity index is 2.94. The molecule has 0 aliphatic carbocycles. The van der Waals surface area contributed by atoms with Crippen LogP contribution in [-0.2, 0) is 0 Å². The molecule has 18 heavy (non-hydrogen) atoms. The predicted octanol–water partition coefficient (Wildman–Crippen LogP) is 3.83. The van der Waals surface area contributed by atoms with Gasteiger partial charge in [0.2, 0.25) is 0 Å². The minimum Gasteiger partial charge on any atom is -0.345 e. The highest BCUT2D eigenvalue weighted by molar-refractivity contribution is 6.19. The number of carbonyl (C=O) groups excluding carboxylic acids is 1. The van der Waals surface area contributed by atoms with Gasteiger partial charge in [-0.1, -0.05) is 31.5 Å². The summed E-state index contributed by atoms with van der Waals surface area (Å²) in [4.78, 5) is 12.3. The van der Waals surface area contributed by atoms with Crippen LogP contribution in [0.25, 0.3) is 0 Å². The molecular formula is C15H22ClNO. The van der Waals surface area contributed by atoms with E-state index in [0.29, 0.717) is 5.88 Å². The lowest BCUT2D eigenvalue weighted by molar-refractivity contribution is 0.0902. The molecule has 0 unspecified atom stereocenters. The zero-order valence-corrected chi connectivity index (χ0v) is 12.4. The smallest absolute Gasteiger partial charge is 0.252 e. The molecule has 0 heterocycles. The highest BCUT2D eigenvalue weighted by Crippen LogP contribution is 2.19. The van der Waals surface area contributed by atoms with Crippen molar-refractivity contribution >= 4 is 17.5 Å².